The number of aryl methyl sites for hydroxylation is 3. The fourth-order valence-corrected chi connectivity index (χ4v) is 18.2. The molecule has 6 aliphatic rings. The minimum absolute atomic E-state index is 0. The van der Waals surface area contributed by atoms with Gasteiger partial charge in [-0.15, -0.1) is 6.20 Å². The minimum atomic E-state index is -0.486. The molecule has 12 heterocycles. The van der Waals surface area contributed by atoms with Gasteiger partial charge >= 0.3 is 41.7 Å². The normalized spacial score (nSPS) is 19.4. The second-order valence-electron chi connectivity index (χ2n) is 30.4. The van der Waals surface area contributed by atoms with Crippen molar-refractivity contribution in [3.05, 3.63) is 137 Å². The zero-order chi connectivity index (χ0) is 71.4. The van der Waals surface area contributed by atoms with Crippen molar-refractivity contribution in [1.82, 2.24) is 68.7 Å². The topological polar surface area (TPSA) is 242 Å². The van der Waals surface area contributed by atoms with Gasteiger partial charge in [-0.05, 0) is 217 Å². The van der Waals surface area contributed by atoms with Crippen LogP contribution >= 0.6 is 39.5 Å². The summed E-state index contributed by atoms with van der Waals surface area (Å²) >= 11 is 6.80. The molecule has 0 aromatic carbocycles. The third-order valence-corrected chi connectivity index (χ3v) is 25.1. The number of carbonyl (C=O) groups excluding carboxylic acids is 2. The van der Waals surface area contributed by atoms with Gasteiger partial charge < -0.3 is 64.5 Å². The fraction of sp³-hybridized carbons (Fsp3) is 0.545. The largest absolute Gasteiger partial charge is 1.00 e. The van der Waals surface area contributed by atoms with Crippen molar-refractivity contribution in [2.24, 2.45) is 22.0 Å². The summed E-state index contributed by atoms with van der Waals surface area (Å²) in [6, 6.07) is 9.85. The number of halogens is 1. The zero-order valence-electron chi connectivity index (χ0n) is 62.3. The number of nitrogens with two attached hydrogens (primary N) is 1. The van der Waals surface area contributed by atoms with Gasteiger partial charge in [0, 0.05) is 157 Å². The Morgan fingerprint density at radius 2 is 0.894 bits per heavy atom. The van der Waals surface area contributed by atoms with Gasteiger partial charge in [0.05, 0.1) is 9.79 Å². The van der Waals surface area contributed by atoms with E-state index < -0.39 is 11.2 Å². The molecule has 104 heavy (non-hydrogen) atoms. The van der Waals surface area contributed by atoms with Gasteiger partial charge in [0.15, 0.2) is 11.3 Å². The molecule has 0 unspecified atom stereocenters. The number of ether oxygens (including phenoxy) is 2. The van der Waals surface area contributed by atoms with Crippen LogP contribution in [0.15, 0.2) is 117 Å². The number of anilines is 3. The predicted octanol–water partition coefficient (Wildman–Crippen LogP) is 12.6. The van der Waals surface area contributed by atoms with Crippen LogP contribution in [0.3, 0.4) is 0 Å². The first kappa shape index (κ1) is 81.8. The number of amides is 2. The zero-order valence-corrected chi connectivity index (χ0v) is 68.4. The number of fused-ring (bicyclic) bond motifs is 3. The summed E-state index contributed by atoms with van der Waals surface area (Å²) in [6.07, 6.45) is 38.9. The summed E-state index contributed by atoms with van der Waals surface area (Å²) < 4.78 is 18.4. The molecular weight excluding hydrogens is 1440 g/mol. The van der Waals surface area contributed by atoms with Gasteiger partial charge in [0.2, 0.25) is 17.8 Å². The fourth-order valence-electron chi connectivity index (χ4n) is 15.8. The maximum absolute atomic E-state index is 12.5. The number of alkyl carbamates (subject to hydrolysis) is 2. The van der Waals surface area contributed by atoms with Gasteiger partial charge in [-0.25, -0.2) is 29.5 Å². The monoisotopic (exact) mass is 1540 g/mol. The molecule has 6 fully saturated rings. The summed E-state index contributed by atoms with van der Waals surface area (Å²) in [5.74, 6) is 2.84. The first-order valence-electron chi connectivity index (χ1n) is 35.9. The van der Waals surface area contributed by atoms with Gasteiger partial charge in [0.1, 0.15) is 11.2 Å². The summed E-state index contributed by atoms with van der Waals surface area (Å²) in [6.45, 7) is 29.5. The van der Waals surface area contributed by atoms with Crippen molar-refractivity contribution in [1.29, 1.82) is 0 Å². The van der Waals surface area contributed by atoms with Gasteiger partial charge in [-0.1, -0.05) is 66.1 Å². The van der Waals surface area contributed by atoms with E-state index in [-0.39, 0.29) is 85.6 Å². The van der Waals surface area contributed by atoms with E-state index >= 15 is 0 Å². The van der Waals surface area contributed by atoms with Crippen molar-refractivity contribution < 1.29 is 48.6 Å². The van der Waals surface area contributed by atoms with Gasteiger partial charge in [0.25, 0.3) is 0 Å². The summed E-state index contributed by atoms with van der Waals surface area (Å²) in [7, 11) is 0. The number of nitrogens with zero attached hydrogens (tertiary/aromatic N) is 15. The van der Waals surface area contributed by atoms with E-state index in [9.17, 15) is 9.59 Å². The molecule has 15 rings (SSSR count). The number of hydrogen-bond donors (Lipinski definition) is 3. The Bertz CT molecular complexity index is 4360. The van der Waals surface area contributed by atoms with Crippen LogP contribution in [0.25, 0.3) is 16.9 Å². The minimum Gasteiger partial charge on any atom is -0.813 e. The maximum atomic E-state index is 12.5. The van der Waals surface area contributed by atoms with E-state index in [1.165, 1.54) is 45.7 Å². The molecule has 3 aliphatic carbocycles. The molecule has 22 nitrogen and oxygen atoms in total. The second kappa shape index (κ2) is 34.8. The molecule has 2 amide bonds. The van der Waals surface area contributed by atoms with Gasteiger partial charge in [-0.3, -0.25) is 33.7 Å². The van der Waals surface area contributed by atoms with E-state index in [0.717, 1.165) is 182 Å². The third kappa shape index (κ3) is 18.6. The summed E-state index contributed by atoms with van der Waals surface area (Å²) in [5.41, 5.74) is 15.7. The number of piperidine rings is 3. The maximum Gasteiger partial charge on any atom is 1.00 e. The van der Waals surface area contributed by atoms with Crippen LogP contribution in [0.1, 0.15) is 179 Å². The summed E-state index contributed by atoms with van der Waals surface area (Å²) in [5, 5.41) is 6.36. The van der Waals surface area contributed by atoms with Crippen LogP contribution in [0.5, 0.6) is 0 Å². The van der Waals surface area contributed by atoms with Crippen molar-refractivity contribution in [2.45, 2.75) is 236 Å². The first-order valence-corrected chi connectivity index (χ1v) is 38.3. The van der Waals surface area contributed by atoms with E-state index in [4.69, 9.17) is 25.2 Å². The molecule has 0 radical (unpaired) electrons. The molecule has 554 valence electrons. The Kier molecular flexibility index (Phi) is 27.3. The quantitative estimate of drug-likeness (QED) is 0.0526. The summed E-state index contributed by atoms with van der Waals surface area (Å²) in [4.78, 5) is 77.1. The van der Waals surface area contributed by atoms with E-state index in [0.29, 0.717) is 11.5 Å². The molecule has 3 saturated heterocycles. The second-order valence-corrected chi connectivity index (χ2v) is 33.4. The first-order chi connectivity index (χ1) is 48.3. The van der Waals surface area contributed by atoms with Crippen LogP contribution in [-0.2, 0) is 23.0 Å². The van der Waals surface area contributed by atoms with E-state index in [1.807, 2.05) is 142 Å². The number of imidazole rings is 3. The molecule has 3 spiro atoms. The van der Waals surface area contributed by atoms with Crippen molar-refractivity contribution in [3.63, 3.8) is 0 Å². The average molecular weight is 1550 g/mol. The molecule has 0 bridgehead atoms. The van der Waals surface area contributed by atoms with E-state index in [1.54, 1.807) is 42.1 Å². The molecular formula is C77H105BrN18NaO4S3-. The van der Waals surface area contributed by atoms with Crippen molar-refractivity contribution in [3.8, 4) is 0 Å². The molecule has 27 heteroatoms. The Hall–Kier alpha value is -6.26. The number of hydrogen-bond acceptors (Lipinski definition) is 20. The number of nitrogens with one attached hydrogen (secondary N) is 2. The number of aromatic nitrogens is 12. The number of carbonyl (C=O) groups is 2. The SMILES string of the molecule is C.CC(C)(C)OC(=O)N[C@@H]1CCCC12CCN(c1nc[c-]c3nccn13)CC2.Cc1nccc(Br)c1C.Cc1nccc(Sc2cnc(N3CCC4(CCC[C@H]4N)CC3)n3ccnc23)c1C.Cc1nccc(Sc2cnc(N3CCC4(CCC[C@H]4NC(=O)OC(C)(C)C)CC3)n3ccnc23)c1C.[Na+].[SH-]. The average Bonchev–Trinajstić information content (AvgIpc) is 1.43. The number of thiol groups is 1. The molecule has 9 aromatic rings. The Morgan fingerprint density at radius 3 is 1.31 bits per heavy atom. The van der Waals surface area contributed by atoms with Crippen LogP contribution in [0, 0.1) is 63.9 Å². The molecule has 3 aliphatic heterocycles. The Balaban J connectivity index is 0.000000169. The molecule has 3 saturated carbocycles. The van der Waals surface area contributed by atoms with Crippen molar-refractivity contribution in [2.75, 3.05) is 54.0 Å². The van der Waals surface area contributed by atoms with Crippen LogP contribution < -0.4 is 60.6 Å². The number of rotatable bonds is 9. The van der Waals surface area contributed by atoms with E-state index in [2.05, 4.69) is 111 Å². The number of pyridine rings is 3. The van der Waals surface area contributed by atoms with Crippen molar-refractivity contribution >= 4 is 99.9 Å². The van der Waals surface area contributed by atoms with Crippen LogP contribution in [-0.4, -0.2) is 139 Å². The molecule has 9 aromatic heterocycles. The van der Waals surface area contributed by atoms with Gasteiger partial charge in [-0.2, -0.15) is 0 Å². The smallest absolute Gasteiger partial charge is 0.813 e. The Labute approximate surface area is 660 Å². The Morgan fingerprint density at radius 1 is 0.510 bits per heavy atom. The molecule has 3 atom stereocenters. The standard InChI is InChI=1S/C27H36N6O2S.C22H28N6S.C20H28N5O2.C7H8BrN.CH4.Na.H2S/c1-18-19(2)28-12-8-20(18)36-21-17-30-24(33-16-13-29-23(21)33)32-14-10-27(11-15-32)9-6-7-22(27)31-25(34)35-26(3,4)5;1-15-16(2)24-9-5-17(15)29-18-14-26-21(28-13-10-25-20(18)28)27-11-7-22(8-12-27)6-3-4-19(22)23;1-19(2,3)27-18(26)23-15-5-4-7-20(15)8-12-24(13-9-20)17-22-10-6-16-21-11-14-25(16)17;1-5-6(2)9-4-3-7(5)8;;;/h8,12-13,16-17,22H,6-7,9-11,14-15H2,1-5H3,(H,31,34);5,9-10,13-14,19H,3-4,6-8,11-12,23H2,1-2H3;10-11,14-15H,4-5,7-9,12-13H2,1-3H3,(H,23,26);3-4H,1-2H3;1H4;;1H2/q;;-1;;;+1;/p-1/t22-;19-;15-;;;;/m111..../s1. The van der Waals surface area contributed by atoms with Crippen LogP contribution in [0.4, 0.5) is 27.4 Å². The third-order valence-electron chi connectivity index (χ3n) is 21.9. The predicted molar refractivity (Wildman–Crippen MR) is 418 cm³/mol. The molecule has 4 N–H and O–H groups in total. The van der Waals surface area contributed by atoms with Crippen LogP contribution in [0.2, 0.25) is 0 Å².